The molecule has 0 radical (unpaired) electrons. The van der Waals surface area contributed by atoms with Crippen LogP contribution in [0.25, 0.3) is 0 Å². The van der Waals surface area contributed by atoms with Gasteiger partial charge in [-0.15, -0.1) is 0 Å². The topological polar surface area (TPSA) is 231 Å². The highest BCUT2D eigenvalue weighted by Gasteiger charge is 2.27. The van der Waals surface area contributed by atoms with E-state index in [1.165, 1.54) is 11.8 Å². The van der Waals surface area contributed by atoms with Gasteiger partial charge in [-0.2, -0.15) is 11.8 Å². The number of carboxylic acids is 2. The maximum atomic E-state index is 12.5. The molecule has 176 valence electrons. The highest BCUT2D eigenvalue weighted by Crippen LogP contribution is 2.04. The molecule has 0 aliphatic rings. The predicted molar refractivity (Wildman–Crippen MR) is 111 cm³/mol. The molecule has 0 heterocycles. The molecule has 0 aliphatic heterocycles. The van der Waals surface area contributed by atoms with Crippen LogP contribution in [0.5, 0.6) is 0 Å². The van der Waals surface area contributed by atoms with Crippen molar-refractivity contribution in [1.29, 1.82) is 0 Å². The van der Waals surface area contributed by atoms with Crippen molar-refractivity contribution in [3.05, 3.63) is 0 Å². The van der Waals surface area contributed by atoms with Gasteiger partial charge in [0.1, 0.15) is 12.1 Å². The minimum absolute atomic E-state index is 0.126. The molecule has 0 rings (SSSR count). The summed E-state index contributed by atoms with van der Waals surface area (Å²) in [7, 11) is 0. The minimum atomic E-state index is -1.26. The number of hydrogen-bond donors (Lipinski definition) is 7. The van der Waals surface area contributed by atoms with E-state index in [-0.39, 0.29) is 32.1 Å². The Morgan fingerprint density at radius 1 is 0.903 bits per heavy atom. The normalized spacial score (nSPS) is 13.4. The molecular weight excluding hydrogens is 434 g/mol. The molecule has 0 aliphatic carbocycles. The molecule has 0 saturated heterocycles. The van der Waals surface area contributed by atoms with E-state index in [4.69, 9.17) is 16.6 Å². The molecule has 3 atom stereocenters. The second-order valence-electron chi connectivity index (χ2n) is 6.56. The smallest absolute Gasteiger partial charge is 0.326 e. The van der Waals surface area contributed by atoms with Crippen molar-refractivity contribution in [2.75, 3.05) is 18.6 Å². The number of hydrogen-bond acceptors (Lipinski definition) is 8. The van der Waals surface area contributed by atoms with Gasteiger partial charge in [-0.25, -0.2) is 4.79 Å². The molecule has 0 bridgehead atoms. The lowest BCUT2D eigenvalue weighted by molar-refractivity contribution is -0.142. The summed E-state index contributed by atoms with van der Waals surface area (Å²) in [6.45, 7) is -0.561. The van der Waals surface area contributed by atoms with E-state index in [1.54, 1.807) is 6.26 Å². The minimum Gasteiger partial charge on any atom is -0.481 e. The van der Waals surface area contributed by atoms with Crippen LogP contribution >= 0.6 is 11.8 Å². The molecule has 13 nitrogen and oxygen atoms in total. The molecule has 31 heavy (non-hydrogen) atoms. The Kier molecular flexibility index (Phi) is 13.6. The third-order valence-electron chi connectivity index (χ3n) is 3.99. The van der Waals surface area contributed by atoms with Gasteiger partial charge in [0, 0.05) is 12.8 Å². The van der Waals surface area contributed by atoms with E-state index in [0.717, 1.165) is 0 Å². The first kappa shape index (κ1) is 28.1. The average Bonchev–Trinajstić information content (AvgIpc) is 2.69. The molecule has 0 aromatic carbocycles. The SMILES string of the molecule is CSCCC(NC(=O)C(CCC(N)=O)NC(=O)CNC(=O)C(N)CCC(=O)O)C(=O)O. The summed E-state index contributed by atoms with van der Waals surface area (Å²) in [5.41, 5.74) is 10.6. The molecule has 14 heteroatoms. The monoisotopic (exact) mass is 463 g/mol. The fourth-order valence-corrected chi connectivity index (χ4v) is 2.75. The molecule has 0 saturated carbocycles. The Hall–Kier alpha value is -2.87. The van der Waals surface area contributed by atoms with Gasteiger partial charge in [0.25, 0.3) is 0 Å². The zero-order valence-electron chi connectivity index (χ0n) is 17.1. The summed E-state index contributed by atoms with van der Waals surface area (Å²) in [6.07, 6.45) is 1.07. The largest absolute Gasteiger partial charge is 0.481 e. The third kappa shape index (κ3) is 13.1. The molecule has 0 spiro atoms. The summed E-state index contributed by atoms with van der Waals surface area (Å²) in [4.78, 5) is 69.2. The zero-order chi connectivity index (χ0) is 24.0. The van der Waals surface area contributed by atoms with Crippen LogP contribution in [0.4, 0.5) is 0 Å². The molecule has 0 fully saturated rings. The van der Waals surface area contributed by atoms with Crippen LogP contribution < -0.4 is 27.4 Å². The zero-order valence-corrected chi connectivity index (χ0v) is 17.9. The van der Waals surface area contributed by atoms with E-state index < -0.39 is 60.2 Å². The molecule has 9 N–H and O–H groups in total. The van der Waals surface area contributed by atoms with Gasteiger partial charge < -0.3 is 37.6 Å². The van der Waals surface area contributed by atoms with E-state index in [9.17, 15) is 33.9 Å². The quantitative estimate of drug-likeness (QED) is 0.126. The van der Waals surface area contributed by atoms with Crippen LogP contribution in [-0.4, -0.2) is 82.5 Å². The van der Waals surface area contributed by atoms with E-state index >= 15 is 0 Å². The van der Waals surface area contributed by atoms with Gasteiger partial charge >= 0.3 is 11.9 Å². The number of rotatable bonds is 16. The lowest BCUT2D eigenvalue weighted by atomic mass is 10.1. The van der Waals surface area contributed by atoms with Crippen molar-refractivity contribution in [1.82, 2.24) is 16.0 Å². The summed E-state index contributed by atoms with van der Waals surface area (Å²) >= 11 is 1.40. The Bertz CT molecular complexity index is 675. The second kappa shape index (κ2) is 15.0. The summed E-state index contributed by atoms with van der Waals surface area (Å²) in [5, 5.41) is 24.6. The number of nitrogens with one attached hydrogen (secondary N) is 3. The van der Waals surface area contributed by atoms with Crippen molar-refractivity contribution in [2.24, 2.45) is 11.5 Å². The molecule has 4 amide bonds. The second-order valence-corrected chi connectivity index (χ2v) is 7.55. The first-order valence-corrected chi connectivity index (χ1v) is 10.7. The number of nitrogens with two attached hydrogens (primary N) is 2. The fraction of sp³-hybridized carbons (Fsp3) is 0.647. The maximum absolute atomic E-state index is 12.5. The van der Waals surface area contributed by atoms with Crippen LogP contribution in [-0.2, 0) is 28.8 Å². The number of thioether (sulfide) groups is 1. The van der Waals surface area contributed by atoms with Gasteiger partial charge in [0.05, 0.1) is 12.6 Å². The Morgan fingerprint density at radius 3 is 2.06 bits per heavy atom. The predicted octanol–water partition coefficient (Wildman–Crippen LogP) is -2.63. The van der Waals surface area contributed by atoms with Crippen LogP contribution in [0, 0.1) is 0 Å². The van der Waals surface area contributed by atoms with Crippen molar-refractivity contribution >= 4 is 47.3 Å². The number of amides is 4. The lowest BCUT2D eigenvalue weighted by Crippen LogP contribution is -2.54. The summed E-state index contributed by atoms with van der Waals surface area (Å²) in [5.74, 6) is -4.97. The number of carbonyl (C=O) groups is 6. The van der Waals surface area contributed by atoms with Gasteiger partial charge in [-0.05, 0) is 31.3 Å². The summed E-state index contributed by atoms with van der Waals surface area (Å²) in [6, 6.07) is -3.57. The third-order valence-corrected chi connectivity index (χ3v) is 4.63. The van der Waals surface area contributed by atoms with Gasteiger partial charge in [0.2, 0.25) is 23.6 Å². The molecule has 0 aromatic rings. The van der Waals surface area contributed by atoms with Gasteiger partial charge in [0.15, 0.2) is 0 Å². The van der Waals surface area contributed by atoms with Crippen molar-refractivity contribution < 1.29 is 39.0 Å². The Labute approximate surface area is 183 Å². The van der Waals surface area contributed by atoms with Crippen LogP contribution in [0.1, 0.15) is 32.1 Å². The van der Waals surface area contributed by atoms with Gasteiger partial charge in [-0.1, -0.05) is 0 Å². The molecular formula is C17H29N5O8S. The Morgan fingerprint density at radius 2 is 1.55 bits per heavy atom. The van der Waals surface area contributed by atoms with Crippen molar-refractivity contribution in [3.63, 3.8) is 0 Å². The summed E-state index contributed by atoms with van der Waals surface area (Å²) < 4.78 is 0. The fourth-order valence-electron chi connectivity index (χ4n) is 2.27. The van der Waals surface area contributed by atoms with Crippen LogP contribution in [0.2, 0.25) is 0 Å². The van der Waals surface area contributed by atoms with Crippen LogP contribution in [0.15, 0.2) is 0 Å². The van der Waals surface area contributed by atoms with Gasteiger partial charge in [-0.3, -0.25) is 24.0 Å². The molecule has 3 unspecified atom stereocenters. The number of primary amides is 1. The highest BCUT2D eigenvalue weighted by atomic mass is 32.2. The highest BCUT2D eigenvalue weighted by molar-refractivity contribution is 7.98. The number of carbonyl (C=O) groups excluding carboxylic acids is 4. The van der Waals surface area contributed by atoms with Crippen LogP contribution in [0.3, 0.4) is 0 Å². The first-order valence-electron chi connectivity index (χ1n) is 9.32. The molecule has 0 aromatic heterocycles. The van der Waals surface area contributed by atoms with E-state index in [2.05, 4.69) is 16.0 Å². The van der Waals surface area contributed by atoms with Crippen molar-refractivity contribution in [2.45, 2.75) is 50.2 Å². The van der Waals surface area contributed by atoms with E-state index in [1.807, 2.05) is 0 Å². The standard InChI is InChI=1S/C17H29N5O8S/c1-31-7-6-11(17(29)30)22-16(28)10(3-4-12(19)23)21-13(24)8-20-15(27)9(18)2-5-14(25)26/h9-11H,2-8,18H2,1H3,(H2,19,23)(H,20,27)(H,21,24)(H,22,28)(H,25,26)(H,29,30). The number of carboxylic acid groups (broad SMARTS) is 2. The lowest BCUT2D eigenvalue weighted by Gasteiger charge is -2.21. The average molecular weight is 464 g/mol. The Balaban J connectivity index is 4.89. The van der Waals surface area contributed by atoms with E-state index in [0.29, 0.717) is 5.75 Å². The van der Waals surface area contributed by atoms with Crippen molar-refractivity contribution in [3.8, 4) is 0 Å². The maximum Gasteiger partial charge on any atom is 0.326 e. The first-order chi connectivity index (χ1) is 14.5. The number of aliphatic carboxylic acids is 2.